The second kappa shape index (κ2) is 9.25. The van der Waals surface area contributed by atoms with E-state index in [-0.39, 0.29) is 5.57 Å². The predicted octanol–water partition coefficient (Wildman–Crippen LogP) is 1.11. The van der Waals surface area contributed by atoms with Gasteiger partial charge in [0.1, 0.15) is 17.5 Å². The van der Waals surface area contributed by atoms with Crippen LogP contribution in [0.4, 0.5) is 5.82 Å². The van der Waals surface area contributed by atoms with Crippen molar-refractivity contribution >= 4 is 27.7 Å². The zero-order valence-corrected chi connectivity index (χ0v) is 14.2. The molecule has 0 aliphatic carbocycles. The summed E-state index contributed by atoms with van der Waals surface area (Å²) < 4.78 is 6.12. The normalized spacial score (nSPS) is 15.7. The Kier molecular flexibility index (Phi) is 7.00. The van der Waals surface area contributed by atoms with E-state index < -0.39 is 5.91 Å². The third kappa shape index (κ3) is 5.98. The molecule has 0 unspecified atom stereocenters. The number of halogens is 1. The molecule has 2 N–H and O–H groups in total. The quantitative estimate of drug-likeness (QED) is 0.568. The highest BCUT2D eigenvalue weighted by Gasteiger charge is 2.12. The molecular formula is C15H18BrN5O2. The highest BCUT2D eigenvalue weighted by atomic mass is 79.9. The van der Waals surface area contributed by atoms with E-state index in [1.807, 2.05) is 6.07 Å². The molecule has 0 aromatic carbocycles. The molecule has 0 spiro atoms. The summed E-state index contributed by atoms with van der Waals surface area (Å²) in [6.45, 7) is 4.42. The fourth-order valence-electron chi connectivity index (χ4n) is 2.03. The lowest BCUT2D eigenvalue weighted by Gasteiger charge is -2.26. The molecular weight excluding hydrogens is 362 g/mol. The second-order valence-corrected chi connectivity index (χ2v) is 5.80. The van der Waals surface area contributed by atoms with Crippen molar-refractivity contribution in [1.29, 1.82) is 5.26 Å². The van der Waals surface area contributed by atoms with Gasteiger partial charge in [-0.05, 0) is 12.1 Å². The minimum Gasteiger partial charge on any atom is -0.379 e. The number of anilines is 1. The Balaban J connectivity index is 1.80. The first-order chi connectivity index (χ1) is 11.2. The number of hydrogen-bond donors (Lipinski definition) is 2. The molecule has 1 aromatic rings. The van der Waals surface area contributed by atoms with Crippen LogP contribution in [0.2, 0.25) is 0 Å². The van der Waals surface area contributed by atoms with Crippen molar-refractivity contribution in [2.75, 3.05) is 44.7 Å². The third-order valence-corrected chi connectivity index (χ3v) is 3.76. The molecule has 1 aromatic heterocycles. The molecule has 1 amide bonds. The molecule has 23 heavy (non-hydrogen) atoms. The molecule has 0 radical (unpaired) electrons. The second-order valence-electron chi connectivity index (χ2n) is 4.88. The summed E-state index contributed by atoms with van der Waals surface area (Å²) in [7, 11) is 0. The Morgan fingerprint density at radius 2 is 2.30 bits per heavy atom. The minimum atomic E-state index is -0.400. The molecule has 0 bridgehead atoms. The SMILES string of the molecule is N#C/C(=C/Nc1cc(Br)ccn1)C(=O)NCCN1CCOCC1. The van der Waals surface area contributed by atoms with Gasteiger partial charge in [-0.2, -0.15) is 5.26 Å². The fraction of sp³-hybridized carbons (Fsp3) is 0.400. The van der Waals surface area contributed by atoms with E-state index in [4.69, 9.17) is 10.00 Å². The maximum Gasteiger partial charge on any atom is 0.263 e. The molecule has 8 heteroatoms. The van der Waals surface area contributed by atoms with Crippen LogP contribution in [-0.4, -0.2) is 55.2 Å². The number of ether oxygens (including phenoxy) is 1. The van der Waals surface area contributed by atoms with Gasteiger partial charge in [0.2, 0.25) is 0 Å². The van der Waals surface area contributed by atoms with Crippen LogP contribution in [0, 0.1) is 11.3 Å². The maximum absolute atomic E-state index is 12.0. The predicted molar refractivity (Wildman–Crippen MR) is 89.5 cm³/mol. The molecule has 7 nitrogen and oxygen atoms in total. The van der Waals surface area contributed by atoms with Crippen molar-refractivity contribution in [3.63, 3.8) is 0 Å². The average molecular weight is 380 g/mol. The lowest BCUT2D eigenvalue weighted by molar-refractivity contribution is -0.117. The molecule has 0 saturated carbocycles. The Morgan fingerprint density at radius 3 is 3.00 bits per heavy atom. The number of aromatic nitrogens is 1. The van der Waals surface area contributed by atoms with Gasteiger partial charge in [0.15, 0.2) is 0 Å². The number of pyridine rings is 1. The molecule has 1 saturated heterocycles. The zero-order chi connectivity index (χ0) is 16.5. The number of nitrogens with one attached hydrogen (secondary N) is 2. The van der Waals surface area contributed by atoms with Crippen LogP contribution >= 0.6 is 15.9 Å². The Hall–Kier alpha value is -1.95. The Bertz CT molecular complexity index is 608. The van der Waals surface area contributed by atoms with E-state index in [1.54, 1.807) is 18.3 Å². The van der Waals surface area contributed by atoms with Crippen molar-refractivity contribution in [1.82, 2.24) is 15.2 Å². The summed E-state index contributed by atoms with van der Waals surface area (Å²) in [6, 6.07) is 5.43. The highest BCUT2D eigenvalue weighted by Crippen LogP contribution is 2.12. The lowest BCUT2D eigenvalue weighted by Crippen LogP contribution is -2.41. The molecule has 2 rings (SSSR count). The Labute approximate surface area is 143 Å². The van der Waals surface area contributed by atoms with Gasteiger partial charge in [-0.3, -0.25) is 9.69 Å². The van der Waals surface area contributed by atoms with Gasteiger partial charge < -0.3 is 15.4 Å². The van der Waals surface area contributed by atoms with E-state index >= 15 is 0 Å². The standard InChI is InChI=1S/C15H18BrN5O2/c16-13-1-2-18-14(9-13)20-11-12(10-17)15(22)19-3-4-21-5-7-23-8-6-21/h1-2,9,11H,3-8H2,(H,18,20)(H,19,22)/b12-11-. The first kappa shape index (κ1) is 17.4. The lowest BCUT2D eigenvalue weighted by atomic mass is 10.3. The van der Waals surface area contributed by atoms with Crippen LogP contribution in [0.15, 0.2) is 34.6 Å². The molecule has 1 aliphatic rings. The van der Waals surface area contributed by atoms with Gasteiger partial charge in [-0.15, -0.1) is 0 Å². The minimum absolute atomic E-state index is 0.00810. The van der Waals surface area contributed by atoms with E-state index in [1.165, 1.54) is 6.20 Å². The molecule has 0 atom stereocenters. The number of carbonyl (C=O) groups excluding carboxylic acids is 1. The van der Waals surface area contributed by atoms with Crippen molar-refractivity contribution in [3.8, 4) is 6.07 Å². The van der Waals surface area contributed by atoms with Crippen molar-refractivity contribution in [2.24, 2.45) is 0 Å². The van der Waals surface area contributed by atoms with Crippen molar-refractivity contribution in [3.05, 3.63) is 34.6 Å². The summed E-state index contributed by atoms with van der Waals surface area (Å²) in [5.74, 6) is 0.150. The van der Waals surface area contributed by atoms with Gasteiger partial charge in [0, 0.05) is 43.0 Å². The molecule has 1 aliphatic heterocycles. The van der Waals surface area contributed by atoms with E-state index in [0.717, 1.165) is 37.3 Å². The highest BCUT2D eigenvalue weighted by molar-refractivity contribution is 9.10. The number of nitriles is 1. The van der Waals surface area contributed by atoms with Crippen LogP contribution in [0.25, 0.3) is 0 Å². The number of amides is 1. The maximum atomic E-state index is 12.0. The summed E-state index contributed by atoms with van der Waals surface area (Å²) in [6.07, 6.45) is 2.98. The number of nitrogens with zero attached hydrogens (tertiary/aromatic N) is 3. The molecule has 2 heterocycles. The van der Waals surface area contributed by atoms with Crippen molar-refractivity contribution < 1.29 is 9.53 Å². The number of hydrogen-bond acceptors (Lipinski definition) is 6. The molecule has 1 fully saturated rings. The van der Waals surface area contributed by atoms with Crippen LogP contribution in [0.3, 0.4) is 0 Å². The van der Waals surface area contributed by atoms with Crippen LogP contribution in [0.5, 0.6) is 0 Å². The summed E-state index contributed by atoms with van der Waals surface area (Å²) in [5.41, 5.74) is 0.00810. The van der Waals surface area contributed by atoms with Gasteiger partial charge >= 0.3 is 0 Å². The first-order valence-electron chi connectivity index (χ1n) is 7.25. The van der Waals surface area contributed by atoms with Crippen LogP contribution in [0.1, 0.15) is 0 Å². The van der Waals surface area contributed by atoms with Gasteiger partial charge in [-0.25, -0.2) is 4.98 Å². The summed E-state index contributed by atoms with van der Waals surface area (Å²) in [5, 5.41) is 14.7. The first-order valence-corrected chi connectivity index (χ1v) is 8.05. The van der Waals surface area contributed by atoms with Crippen molar-refractivity contribution in [2.45, 2.75) is 0 Å². The smallest absolute Gasteiger partial charge is 0.263 e. The third-order valence-electron chi connectivity index (χ3n) is 3.27. The zero-order valence-electron chi connectivity index (χ0n) is 12.6. The number of carbonyl (C=O) groups is 1. The van der Waals surface area contributed by atoms with Gasteiger partial charge in [-0.1, -0.05) is 15.9 Å². The van der Waals surface area contributed by atoms with E-state index in [9.17, 15) is 4.79 Å². The molecule has 122 valence electrons. The van der Waals surface area contributed by atoms with Crippen LogP contribution in [-0.2, 0) is 9.53 Å². The Morgan fingerprint density at radius 1 is 1.52 bits per heavy atom. The summed E-state index contributed by atoms with van der Waals surface area (Å²) >= 11 is 3.33. The fourth-order valence-corrected chi connectivity index (χ4v) is 2.36. The van der Waals surface area contributed by atoms with Gasteiger partial charge in [0.05, 0.1) is 13.2 Å². The largest absolute Gasteiger partial charge is 0.379 e. The number of rotatable bonds is 6. The monoisotopic (exact) mass is 379 g/mol. The van der Waals surface area contributed by atoms with Gasteiger partial charge in [0.25, 0.3) is 5.91 Å². The topological polar surface area (TPSA) is 90.3 Å². The number of morpholine rings is 1. The average Bonchev–Trinajstić information content (AvgIpc) is 2.56. The summed E-state index contributed by atoms with van der Waals surface area (Å²) in [4.78, 5) is 18.3. The van der Waals surface area contributed by atoms with E-state index in [0.29, 0.717) is 12.4 Å². The van der Waals surface area contributed by atoms with E-state index in [2.05, 4.69) is 36.4 Å². The van der Waals surface area contributed by atoms with Crippen LogP contribution < -0.4 is 10.6 Å².